The molecule has 7 heteroatoms. The Bertz CT molecular complexity index is 597. The Hall–Kier alpha value is -1.70. The second-order valence-electron chi connectivity index (χ2n) is 4.21. The van der Waals surface area contributed by atoms with E-state index in [0.29, 0.717) is 26.2 Å². The predicted molar refractivity (Wildman–Crippen MR) is 74.5 cm³/mol. The number of H-pyrrole nitrogens is 1. The van der Waals surface area contributed by atoms with Crippen LogP contribution in [0.3, 0.4) is 0 Å². The van der Waals surface area contributed by atoms with Crippen LogP contribution in [0.25, 0.3) is 0 Å². The number of benzene rings is 1. The number of nitrogens with zero attached hydrogens (tertiary/aromatic N) is 1. The normalized spacial score (nSPS) is 11.6. The Balaban J connectivity index is 1.63. The van der Waals surface area contributed by atoms with Crippen molar-refractivity contribution in [1.82, 2.24) is 14.9 Å². The predicted octanol–water partition coefficient (Wildman–Crippen LogP) is 1.29. The summed E-state index contributed by atoms with van der Waals surface area (Å²) in [6.45, 7) is 1.37. The fourth-order valence-corrected chi connectivity index (χ4v) is 2.60. The first-order valence-corrected chi connectivity index (χ1v) is 7.77. The molecule has 20 heavy (non-hydrogen) atoms. The van der Waals surface area contributed by atoms with Crippen LogP contribution in [0.2, 0.25) is 0 Å². The fraction of sp³-hybridized carbons (Fsp3) is 0.308. The summed E-state index contributed by atoms with van der Waals surface area (Å²) in [5, 5.41) is 6.10. The molecule has 0 aliphatic rings. The van der Waals surface area contributed by atoms with Crippen LogP contribution in [-0.4, -0.2) is 31.8 Å². The highest BCUT2D eigenvalue weighted by atomic mass is 32.2. The summed E-state index contributed by atoms with van der Waals surface area (Å²) in [5.74, 6) is 0. The van der Waals surface area contributed by atoms with Crippen molar-refractivity contribution in [3.05, 3.63) is 48.2 Å². The molecule has 2 rings (SSSR count). The van der Waals surface area contributed by atoms with Gasteiger partial charge in [-0.1, -0.05) is 30.3 Å². The lowest BCUT2D eigenvalue weighted by Gasteiger charge is -2.06. The smallest absolute Gasteiger partial charge is 0.257 e. The zero-order valence-corrected chi connectivity index (χ0v) is 11.8. The van der Waals surface area contributed by atoms with E-state index in [1.165, 1.54) is 12.3 Å². The van der Waals surface area contributed by atoms with Crippen molar-refractivity contribution < 1.29 is 13.2 Å². The summed E-state index contributed by atoms with van der Waals surface area (Å²) in [4.78, 5) is 0. The van der Waals surface area contributed by atoms with Gasteiger partial charge in [0.05, 0.1) is 12.8 Å². The van der Waals surface area contributed by atoms with Gasteiger partial charge in [0, 0.05) is 13.2 Å². The van der Waals surface area contributed by atoms with Crippen LogP contribution in [0.5, 0.6) is 0 Å². The van der Waals surface area contributed by atoms with Gasteiger partial charge in [0.25, 0.3) is 10.0 Å². The summed E-state index contributed by atoms with van der Waals surface area (Å²) < 4.78 is 31.4. The molecule has 0 atom stereocenters. The molecule has 6 nitrogen and oxygen atoms in total. The van der Waals surface area contributed by atoms with Gasteiger partial charge >= 0.3 is 0 Å². The third kappa shape index (κ3) is 4.44. The molecule has 1 aromatic heterocycles. The van der Waals surface area contributed by atoms with E-state index in [2.05, 4.69) is 14.9 Å². The Labute approximate surface area is 118 Å². The first-order chi connectivity index (χ1) is 9.68. The van der Waals surface area contributed by atoms with Crippen LogP contribution in [0.15, 0.2) is 47.6 Å². The Morgan fingerprint density at radius 2 is 2.00 bits per heavy atom. The molecule has 0 saturated heterocycles. The number of aromatic amines is 1. The quantitative estimate of drug-likeness (QED) is 0.719. The van der Waals surface area contributed by atoms with Gasteiger partial charge in [-0.3, -0.25) is 5.10 Å². The minimum Gasteiger partial charge on any atom is -0.377 e. The molecule has 1 heterocycles. The minimum atomic E-state index is -3.48. The number of ether oxygens (including phenoxy) is 1. The summed E-state index contributed by atoms with van der Waals surface area (Å²) in [6.07, 6.45) is 2.01. The summed E-state index contributed by atoms with van der Waals surface area (Å²) in [7, 11) is -3.48. The van der Waals surface area contributed by atoms with E-state index in [9.17, 15) is 8.42 Å². The Morgan fingerprint density at radius 1 is 1.20 bits per heavy atom. The zero-order valence-electron chi connectivity index (χ0n) is 11.0. The largest absolute Gasteiger partial charge is 0.377 e. The van der Waals surface area contributed by atoms with Crippen molar-refractivity contribution in [2.45, 2.75) is 18.1 Å². The van der Waals surface area contributed by atoms with Gasteiger partial charge in [0.1, 0.15) is 0 Å². The lowest BCUT2D eigenvalue weighted by atomic mass is 10.2. The standard InChI is InChI=1S/C13H17N3O3S/c17-20(18,13-7-9-14-16-13)15-8-4-10-19-11-12-5-2-1-3-6-12/h1-3,5-7,9,15H,4,8,10-11H2,(H,14,16). The third-order valence-electron chi connectivity index (χ3n) is 2.63. The average molecular weight is 295 g/mol. The van der Waals surface area contributed by atoms with E-state index in [4.69, 9.17) is 4.74 Å². The summed E-state index contributed by atoms with van der Waals surface area (Å²) >= 11 is 0. The lowest BCUT2D eigenvalue weighted by molar-refractivity contribution is 0.119. The van der Waals surface area contributed by atoms with Gasteiger partial charge in [-0.2, -0.15) is 5.10 Å². The monoisotopic (exact) mass is 295 g/mol. The van der Waals surface area contributed by atoms with E-state index < -0.39 is 10.0 Å². The van der Waals surface area contributed by atoms with E-state index in [-0.39, 0.29) is 5.03 Å². The fourth-order valence-electron chi connectivity index (χ4n) is 1.62. The van der Waals surface area contributed by atoms with Gasteiger partial charge in [0.15, 0.2) is 5.03 Å². The van der Waals surface area contributed by atoms with Crippen molar-refractivity contribution >= 4 is 10.0 Å². The molecule has 0 amide bonds. The van der Waals surface area contributed by atoms with Crippen LogP contribution in [0.4, 0.5) is 0 Å². The second kappa shape index (κ2) is 7.18. The maximum absolute atomic E-state index is 11.7. The molecule has 1 aromatic carbocycles. The summed E-state index contributed by atoms with van der Waals surface area (Å²) in [6, 6.07) is 11.2. The topological polar surface area (TPSA) is 84.1 Å². The van der Waals surface area contributed by atoms with E-state index >= 15 is 0 Å². The van der Waals surface area contributed by atoms with E-state index in [1.54, 1.807) is 0 Å². The molecule has 108 valence electrons. The molecule has 0 fully saturated rings. The van der Waals surface area contributed by atoms with Crippen LogP contribution < -0.4 is 4.72 Å². The van der Waals surface area contributed by atoms with Gasteiger partial charge < -0.3 is 4.74 Å². The third-order valence-corrected chi connectivity index (χ3v) is 4.02. The molecular formula is C13H17N3O3S. The number of hydrogen-bond acceptors (Lipinski definition) is 4. The average Bonchev–Trinajstić information content (AvgIpc) is 2.99. The number of rotatable bonds is 8. The molecule has 0 bridgehead atoms. The van der Waals surface area contributed by atoms with Gasteiger partial charge in [-0.05, 0) is 18.1 Å². The molecule has 0 radical (unpaired) electrons. The van der Waals surface area contributed by atoms with Gasteiger partial charge in [0.2, 0.25) is 0 Å². The maximum Gasteiger partial charge on any atom is 0.257 e. The first kappa shape index (κ1) is 14.7. The lowest BCUT2D eigenvalue weighted by Crippen LogP contribution is -2.25. The van der Waals surface area contributed by atoms with Crippen LogP contribution in [-0.2, 0) is 21.4 Å². The molecule has 0 aliphatic heterocycles. The van der Waals surface area contributed by atoms with E-state index in [0.717, 1.165) is 5.56 Å². The number of aromatic nitrogens is 2. The summed E-state index contributed by atoms with van der Waals surface area (Å²) in [5.41, 5.74) is 1.10. The van der Waals surface area contributed by atoms with Crippen molar-refractivity contribution in [3.8, 4) is 0 Å². The number of hydrogen-bond donors (Lipinski definition) is 2. The Morgan fingerprint density at radius 3 is 2.70 bits per heavy atom. The highest BCUT2D eigenvalue weighted by molar-refractivity contribution is 7.89. The first-order valence-electron chi connectivity index (χ1n) is 6.29. The molecule has 0 unspecified atom stereocenters. The molecular weight excluding hydrogens is 278 g/mol. The molecule has 0 aliphatic carbocycles. The van der Waals surface area contributed by atoms with E-state index in [1.807, 2.05) is 30.3 Å². The highest BCUT2D eigenvalue weighted by Gasteiger charge is 2.13. The van der Waals surface area contributed by atoms with Crippen LogP contribution in [0.1, 0.15) is 12.0 Å². The molecule has 2 aromatic rings. The maximum atomic E-state index is 11.7. The van der Waals surface area contributed by atoms with Gasteiger partial charge in [-0.25, -0.2) is 13.1 Å². The zero-order chi connectivity index (χ0) is 14.3. The van der Waals surface area contributed by atoms with Crippen molar-refractivity contribution in [3.63, 3.8) is 0 Å². The van der Waals surface area contributed by atoms with Crippen molar-refractivity contribution in [2.24, 2.45) is 0 Å². The highest BCUT2D eigenvalue weighted by Crippen LogP contribution is 2.03. The SMILES string of the molecule is O=S(=O)(NCCCOCc1ccccc1)c1ccn[nH]1. The molecule has 2 N–H and O–H groups in total. The van der Waals surface area contributed by atoms with Crippen molar-refractivity contribution in [2.75, 3.05) is 13.2 Å². The van der Waals surface area contributed by atoms with Gasteiger partial charge in [-0.15, -0.1) is 0 Å². The Kier molecular flexibility index (Phi) is 5.28. The molecule has 0 spiro atoms. The van der Waals surface area contributed by atoms with Crippen LogP contribution >= 0.6 is 0 Å². The second-order valence-corrected chi connectivity index (χ2v) is 5.95. The number of sulfonamides is 1. The minimum absolute atomic E-state index is 0.0719. The number of nitrogens with one attached hydrogen (secondary N) is 2. The molecule has 0 saturated carbocycles. The van der Waals surface area contributed by atoms with Crippen molar-refractivity contribution in [1.29, 1.82) is 0 Å². The van der Waals surface area contributed by atoms with Crippen LogP contribution in [0, 0.1) is 0 Å².